The standard InChI is InChI=1S/C20H25N3O2/c1-4-6-7-16(5-2)22-20(25)19-18(21-12-23(19)3)15-8-13-10-17(24)11-14(13)9-15/h4-7,12-15H,1,8-11H2,2-3H3,(H,22,25)/b7-6-,16-5+. The number of nitrogens with zero attached hydrogens (tertiary/aromatic N) is 2. The van der Waals surface area contributed by atoms with E-state index in [9.17, 15) is 9.59 Å². The number of amides is 1. The summed E-state index contributed by atoms with van der Waals surface area (Å²) in [4.78, 5) is 28.9. The van der Waals surface area contributed by atoms with Crippen LogP contribution >= 0.6 is 0 Å². The van der Waals surface area contributed by atoms with Gasteiger partial charge in [-0.25, -0.2) is 4.98 Å². The molecule has 0 aromatic carbocycles. The highest BCUT2D eigenvalue weighted by Gasteiger charge is 2.43. The molecule has 2 atom stereocenters. The third-order valence-electron chi connectivity index (χ3n) is 5.37. The van der Waals surface area contributed by atoms with E-state index in [1.54, 1.807) is 23.0 Å². The van der Waals surface area contributed by atoms with Crippen molar-refractivity contribution in [3.8, 4) is 0 Å². The van der Waals surface area contributed by atoms with Crippen LogP contribution in [-0.2, 0) is 11.8 Å². The molecular formula is C20H25N3O2. The first kappa shape index (κ1) is 17.4. The molecule has 2 saturated carbocycles. The lowest BCUT2D eigenvalue weighted by Crippen LogP contribution is -2.25. The zero-order valence-electron chi connectivity index (χ0n) is 14.9. The highest BCUT2D eigenvalue weighted by molar-refractivity contribution is 5.95. The Morgan fingerprint density at radius 1 is 1.36 bits per heavy atom. The normalized spacial score (nSPS) is 26.2. The van der Waals surface area contributed by atoms with E-state index in [4.69, 9.17) is 0 Å². The zero-order chi connectivity index (χ0) is 18.0. The second-order valence-electron chi connectivity index (χ2n) is 7.02. The molecule has 2 aliphatic rings. The van der Waals surface area contributed by atoms with Crippen LogP contribution in [0.1, 0.15) is 54.7 Å². The van der Waals surface area contributed by atoms with E-state index < -0.39 is 0 Å². The lowest BCUT2D eigenvalue weighted by molar-refractivity contribution is -0.117. The number of carbonyl (C=O) groups excluding carboxylic acids is 2. The van der Waals surface area contributed by atoms with Gasteiger partial charge in [-0.15, -0.1) is 0 Å². The predicted octanol–water partition coefficient (Wildman–Crippen LogP) is 3.27. The highest BCUT2D eigenvalue weighted by Crippen LogP contribution is 2.49. The first-order chi connectivity index (χ1) is 12.0. The van der Waals surface area contributed by atoms with Gasteiger partial charge in [-0.2, -0.15) is 0 Å². The van der Waals surface area contributed by atoms with Crippen LogP contribution in [0.4, 0.5) is 0 Å². The summed E-state index contributed by atoms with van der Waals surface area (Å²) in [6.07, 6.45) is 12.1. The summed E-state index contributed by atoms with van der Waals surface area (Å²) in [6.45, 7) is 5.52. The number of ketones is 1. The van der Waals surface area contributed by atoms with Gasteiger partial charge in [0, 0.05) is 31.5 Å². The average Bonchev–Trinajstić information content (AvgIpc) is 3.23. The molecule has 1 heterocycles. The Balaban J connectivity index is 1.78. The molecule has 5 nitrogen and oxygen atoms in total. The Kier molecular flexibility index (Phi) is 5.02. The fourth-order valence-electron chi connectivity index (χ4n) is 4.20. The molecule has 1 amide bonds. The van der Waals surface area contributed by atoms with Crippen LogP contribution in [0, 0.1) is 11.8 Å². The Bertz CT molecular complexity index is 741. The molecule has 2 unspecified atom stereocenters. The fraction of sp³-hybridized carbons (Fsp3) is 0.450. The number of nitrogens with one attached hydrogen (secondary N) is 1. The first-order valence-electron chi connectivity index (χ1n) is 8.83. The summed E-state index contributed by atoms with van der Waals surface area (Å²) in [5.41, 5.74) is 2.21. The van der Waals surface area contributed by atoms with Gasteiger partial charge in [0.15, 0.2) is 0 Å². The van der Waals surface area contributed by atoms with Gasteiger partial charge >= 0.3 is 0 Å². The predicted molar refractivity (Wildman–Crippen MR) is 97.0 cm³/mol. The smallest absolute Gasteiger partial charge is 0.274 e. The quantitative estimate of drug-likeness (QED) is 0.838. The molecule has 1 aromatic heterocycles. The number of aryl methyl sites for hydroxylation is 1. The van der Waals surface area contributed by atoms with Crippen LogP contribution < -0.4 is 5.32 Å². The van der Waals surface area contributed by atoms with Crippen molar-refractivity contribution in [3.05, 3.63) is 54.3 Å². The Morgan fingerprint density at radius 3 is 2.64 bits per heavy atom. The van der Waals surface area contributed by atoms with Gasteiger partial charge in [0.05, 0.1) is 12.0 Å². The summed E-state index contributed by atoms with van der Waals surface area (Å²) in [5.74, 6) is 1.45. The Labute approximate surface area is 148 Å². The molecule has 3 rings (SSSR count). The van der Waals surface area contributed by atoms with Gasteiger partial charge in [0.2, 0.25) is 0 Å². The lowest BCUT2D eigenvalue weighted by Gasteiger charge is -2.13. The van der Waals surface area contributed by atoms with Crippen molar-refractivity contribution in [1.82, 2.24) is 14.9 Å². The molecule has 0 radical (unpaired) electrons. The maximum absolute atomic E-state index is 12.8. The number of allylic oxidation sites excluding steroid dienone is 4. The van der Waals surface area contributed by atoms with E-state index in [-0.39, 0.29) is 11.8 Å². The molecule has 25 heavy (non-hydrogen) atoms. The van der Waals surface area contributed by atoms with Crippen molar-refractivity contribution in [2.45, 2.75) is 38.5 Å². The van der Waals surface area contributed by atoms with Gasteiger partial charge in [0.1, 0.15) is 11.5 Å². The number of rotatable bonds is 5. The molecule has 1 aromatic rings. The van der Waals surface area contributed by atoms with Crippen LogP contribution in [0.25, 0.3) is 0 Å². The molecule has 0 bridgehead atoms. The minimum absolute atomic E-state index is 0.148. The molecule has 0 saturated heterocycles. The Morgan fingerprint density at radius 2 is 2.04 bits per heavy atom. The summed E-state index contributed by atoms with van der Waals surface area (Å²) >= 11 is 0. The van der Waals surface area contributed by atoms with Crippen molar-refractivity contribution in [1.29, 1.82) is 0 Å². The number of Topliss-reactive ketones (excluding diaryl/α,β-unsaturated/α-hetero) is 1. The van der Waals surface area contributed by atoms with Crippen molar-refractivity contribution in [3.63, 3.8) is 0 Å². The van der Waals surface area contributed by atoms with Gasteiger partial charge < -0.3 is 9.88 Å². The third kappa shape index (κ3) is 3.50. The van der Waals surface area contributed by atoms with Gasteiger partial charge in [-0.05, 0) is 37.7 Å². The van der Waals surface area contributed by atoms with E-state index in [1.807, 2.05) is 26.1 Å². The van der Waals surface area contributed by atoms with E-state index in [0.717, 1.165) is 24.2 Å². The largest absolute Gasteiger partial charge is 0.329 e. The maximum Gasteiger partial charge on any atom is 0.274 e. The molecular weight excluding hydrogens is 314 g/mol. The van der Waals surface area contributed by atoms with Crippen molar-refractivity contribution in [2.24, 2.45) is 18.9 Å². The van der Waals surface area contributed by atoms with Crippen LogP contribution in [0.5, 0.6) is 0 Å². The van der Waals surface area contributed by atoms with Crippen LogP contribution in [0.2, 0.25) is 0 Å². The zero-order valence-corrected chi connectivity index (χ0v) is 14.9. The minimum atomic E-state index is -0.148. The molecule has 2 aliphatic carbocycles. The number of hydrogen-bond donors (Lipinski definition) is 1. The van der Waals surface area contributed by atoms with Crippen molar-refractivity contribution in [2.75, 3.05) is 0 Å². The topological polar surface area (TPSA) is 64.0 Å². The maximum atomic E-state index is 12.8. The average molecular weight is 339 g/mol. The number of hydrogen-bond acceptors (Lipinski definition) is 3. The molecule has 132 valence electrons. The number of fused-ring (bicyclic) bond motifs is 1. The molecule has 5 heteroatoms. The molecule has 1 N–H and O–H groups in total. The minimum Gasteiger partial charge on any atom is -0.329 e. The summed E-state index contributed by atoms with van der Waals surface area (Å²) in [5, 5.41) is 2.94. The van der Waals surface area contributed by atoms with Gasteiger partial charge in [0.25, 0.3) is 5.91 Å². The van der Waals surface area contributed by atoms with E-state index in [2.05, 4.69) is 16.9 Å². The lowest BCUT2D eigenvalue weighted by atomic mass is 9.97. The second-order valence-corrected chi connectivity index (χ2v) is 7.02. The van der Waals surface area contributed by atoms with Crippen LogP contribution in [0.3, 0.4) is 0 Å². The first-order valence-corrected chi connectivity index (χ1v) is 8.83. The van der Waals surface area contributed by atoms with Crippen LogP contribution in [0.15, 0.2) is 42.9 Å². The fourth-order valence-corrected chi connectivity index (χ4v) is 4.20. The molecule has 0 spiro atoms. The van der Waals surface area contributed by atoms with E-state index in [0.29, 0.717) is 36.2 Å². The van der Waals surface area contributed by atoms with E-state index >= 15 is 0 Å². The molecule has 2 fully saturated rings. The highest BCUT2D eigenvalue weighted by atomic mass is 16.2. The summed E-state index contributed by atoms with van der Waals surface area (Å²) in [7, 11) is 1.85. The number of imidazole rings is 1. The monoisotopic (exact) mass is 339 g/mol. The van der Waals surface area contributed by atoms with E-state index in [1.165, 1.54) is 0 Å². The van der Waals surface area contributed by atoms with Crippen molar-refractivity contribution >= 4 is 11.7 Å². The Hall–Kier alpha value is -2.43. The van der Waals surface area contributed by atoms with Crippen LogP contribution in [-0.4, -0.2) is 21.2 Å². The summed E-state index contributed by atoms with van der Waals surface area (Å²) in [6, 6.07) is 0. The SMILES string of the molecule is C=C/C=C\C(=C/C)NC(=O)c1c(C2CC3CC(=O)CC3C2)ncn1C. The van der Waals surface area contributed by atoms with Gasteiger partial charge in [-0.3, -0.25) is 9.59 Å². The van der Waals surface area contributed by atoms with Gasteiger partial charge in [-0.1, -0.05) is 24.8 Å². The van der Waals surface area contributed by atoms with Crippen molar-refractivity contribution < 1.29 is 9.59 Å². The number of carbonyl (C=O) groups is 2. The molecule has 0 aliphatic heterocycles. The third-order valence-corrected chi connectivity index (χ3v) is 5.37. The number of aromatic nitrogens is 2. The second kappa shape index (κ2) is 7.21. The summed E-state index contributed by atoms with van der Waals surface area (Å²) < 4.78 is 1.79.